The van der Waals surface area contributed by atoms with Crippen LogP contribution >= 0.6 is 0 Å². The lowest BCUT2D eigenvalue weighted by Gasteiger charge is -2.07. The Hall–Kier alpha value is -2.89. The topological polar surface area (TPSA) is 64.6 Å². The van der Waals surface area contributed by atoms with E-state index in [-0.39, 0.29) is 24.8 Å². The number of esters is 1. The van der Waals surface area contributed by atoms with Crippen molar-refractivity contribution in [1.82, 2.24) is 0 Å². The molecule has 0 aliphatic heterocycles. The molecule has 0 unspecified atom stereocenters. The zero-order chi connectivity index (χ0) is 16.7. The van der Waals surface area contributed by atoms with Crippen molar-refractivity contribution in [2.75, 3.05) is 11.9 Å². The van der Waals surface area contributed by atoms with Crippen LogP contribution in [0.5, 0.6) is 11.5 Å². The molecule has 0 saturated carbocycles. The lowest BCUT2D eigenvalue weighted by Crippen LogP contribution is -2.12. The summed E-state index contributed by atoms with van der Waals surface area (Å²) in [6, 6.07) is 12.0. The molecule has 0 bridgehead atoms. The van der Waals surface area contributed by atoms with Crippen LogP contribution in [-0.2, 0) is 9.59 Å². The molecular formula is C17H16FNO4. The van der Waals surface area contributed by atoms with Crippen LogP contribution in [0.25, 0.3) is 0 Å². The van der Waals surface area contributed by atoms with Gasteiger partial charge >= 0.3 is 5.97 Å². The van der Waals surface area contributed by atoms with Gasteiger partial charge in [-0.3, -0.25) is 9.59 Å². The van der Waals surface area contributed by atoms with Crippen molar-refractivity contribution in [3.8, 4) is 11.5 Å². The first-order valence-electron chi connectivity index (χ1n) is 6.99. The van der Waals surface area contributed by atoms with Crippen LogP contribution in [0.15, 0.2) is 48.5 Å². The van der Waals surface area contributed by atoms with Gasteiger partial charge in [0.2, 0.25) is 5.91 Å². The van der Waals surface area contributed by atoms with E-state index in [4.69, 9.17) is 9.47 Å². The fourth-order valence-corrected chi connectivity index (χ4v) is 1.78. The molecule has 2 rings (SSSR count). The number of anilines is 1. The van der Waals surface area contributed by atoms with Gasteiger partial charge in [-0.25, -0.2) is 4.39 Å². The van der Waals surface area contributed by atoms with Crippen LogP contribution in [0.4, 0.5) is 10.1 Å². The number of rotatable bonds is 6. The van der Waals surface area contributed by atoms with E-state index < -0.39 is 5.97 Å². The molecule has 1 amide bonds. The van der Waals surface area contributed by atoms with Crippen molar-refractivity contribution < 1.29 is 23.5 Å². The number of hydrogen-bond acceptors (Lipinski definition) is 4. The summed E-state index contributed by atoms with van der Waals surface area (Å²) in [6.45, 7) is 1.55. The van der Waals surface area contributed by atoms with E-state index in [9.17, 15) is 14.0 Å². The summed E-state index contributed by atoms with van der Waals surface area (Å²) in [7, 11) is 0. The first kappa shape index (κ1) is 16.5. The van der Waals surface area contributed by atoms with Crippen molar-refractivity contribution in [2.24, 2.45) is 0 Å². The van der Waals surface area contributed by atoms with Crippen LogP contribution in [0.1, 0.15) is 13.3 Å². The molecule has 23 heavy (non-hydrogen) atoms. The molecule has 0 aromatic heterocycles. The summed E-state index contributed by atoms with van der Waals surface area (Å²) < 4.78 is 23.2. The molecular weight excluding hydrogens is 301 g/mol. The second-order valence-electron chi connectivity index (χ2n) is 4.73. The Morgan fingerprint density at radius 1 is 1.00 bits per heavy atom. The highest BCUT2D eigenvalue weighted by molar-refractivity contribution is 5.88. The molecule has 5 nitrogen and oxygen atoms in total. The Kier molecular flexibility index (Phi) is 5.68. The van der Waals surface area contributed by atoms with Gasteiger partial charge in [0.15, 0.2) is 0 Å². The normalized spacial score (nSPS) is 10.0. The highest BCUT2D eigenvalue weighted by atomic mass is 19.1. The molecule has 0 spiro atoms. The Morgan fingerprint density at radius 2 is 1.61 bits per heavy atom. The van der Waals surface area contributed by atoms with Gasteiger partial charge in [0, 0.05) is 12.6 Å². The predicted octanol–water partition coefficient (Wildman–Crippen LogP) is 3.16. The Balaban J connectivity index is 1.76. The summed E-state index contributed by atoms with van der Waals surface area (Å²) >= 11 is 0. The van der Waals surface area contributed by atoms with Gasteiger partial charge in [-0.05, 0) is 48.5 Å². The van der Waals surface area contributed by atoms with E-state index >= 15 is 0 Å². The standard InChI is InChI=1S/C17H16FNO4/c1-12(20)19-14-4-8-16(9-5-14)23-17(21)10-11-22-15-6-2-13(18)3-7-15/h2-9H,10-11H2,1H3,(H,19,20). The minimum absolute atomic E-state index is 0.0603. The van der Waals surface area contributed by atoms with Gasteiger partial charge in [0.1, 0.15) is 17.3 Å². The smallest absolute Gasteiger partial charge is 0.314 e. The monoisotopic (exact) mass is 317 g/mol. The molecule has 0 saturated heterocycles. The zero-order valence-corrected chi connectivity index (χ0v) is 12.5. The minimum Gasteiger partial charge on any atom is -0.493 e. The quantitative estimate of drug-likeness (QED) is 0.656. The van der Waals surface area contributed by atoms with Crippen molar-refractivity contribution in [2.45, 2.75) is 13.3 Å². The summed E-state index contributed by atoms with van der Waals surface area (Å²) in [5.74, 6) is -0.101. The summed E-state index contributed by atoms with van der Waals surface area (Å²) in [4.78, 5) is 22.6. The number of ether oxygens (including phenoxy) is 2. The van der Waals surface area contributed by atoms with Crippen LogP contribution in [0, 0.1) is 5.82 Å². The van der Waals surface area contributed by atoms with E-state index in [0.29, 0.717) is 17.2 Å². The van der Waals surface area contributed by atoms with E-state index in [1.54, 1.807) is 24.3 Å². The van der Waals surface area contributed by atoms with Crippen molar-refractivity contribution in [1.29, 1.82) is 0 Å². The molecule has 2 aromatic rings. The molecule has 0 atom stereocenters. The van der Waals surface area contributed by atoms with Crippen LogP contribution < -0.4 is 14.8 Å². The molecule has 0 fully saturated rings. The highest BCUT2D eigenvalue weighted by Crippen LogP contribution is 2.16. The molecule has 2 aromatic carbocycles. The maximum atomic E-state index is 12.7. The average molecular weight is 317 g/mol. The summed E-state index contributed by atoms with van der Waals surface area (Å²) in [5.41, 5.74) is 0.622. The Labute approximate surface area is 133 Å². The average Bonchev–Trinajstić information content (AvgIpc) is 2.51. The van der Waals surface area contributed by atoms with Crippen molar-refractivity contribution >= 4 is 17.6 Å². The maximum Gasteiger partial charge on any atom is 0.314 e. The second kappa shape index (κ2) is 7.93. The van der Waals surface area contributed by atoms with E-state index in [2.05, 4.69) is 5.32 Å². The van der Waals surface area contributed by atoms with Gasteiger partial charge < -0.3 is 14.8 Å². The molecule has 1 N–H and O–H groups in total. The lowest BCUT2D eigenvalue weighted by atomic mass is 10.3. The maximum absolute atomic E-state index is 12.7. The van der Waals surface area contributed by atoms with Crippen molar-refractivity contribution in [3.05, 3.63) is 54.3 Å². The molecule has 0 aliphatic carbocycles. The van der Waals surface area contributed by atoms with Gasteiger partial charge in [0.25, 0.3) is 0 Å². The number of nitrogens with one attached hydrogen (secondary N) is 1. The van der Waals surface area contributed by atoms with Gasteiger partial charge in [-0.15, -0.1) is 0 Å². The SMILES string of the molecule is CC(=O)Nc1ccc(OC(=O)CCOc2ccc(F)cc2)cc1. The number of carbonyl (C=O) groups is 2. The molecule has 120 valence electrons. The third-order valence-electron chi connectivity index (χ3n) is 2.79. The van der Waals surface area contributed by atoms with Crippen LogP contribution in [0.3, 0.4) is 0 Å². The molecule has 0 radical (unpaired) electrons. The third kappa shape index (κ3) is 5.78. The third-order valence-corrected chi connectivity index (χ3v) is 2.79. The van der Waals surface area contributed by atoms with E-state index in [1.807, 2.05) is 0 Å². The predicted molar refractivity (Wildman–Crippen MR) is 82.9 cm³/mol. The van der Waals surface area contributed by atoms with Crippen LogP contribution in [-0.4, -0.2) is 18.5 Å². The Bertz CT molecular complexity index is 668. The number of halogens is 1. The van der Waals surface area contributed by atoms with Gasteiger partial charge in [0.05, 0.1) is 13.0 Å². The van der Waals surface area contributed by atoms with Crippen LogP contribution in [0.2, 0.25) is 0 Å². The fourth-order valence-electron chi connectivity index (χ4n) is 1.78. The largest absolute Gasteiger partial charge is 0.493 e. The van der Waals surface area contributed by atoms with E-state index in [1.165, 1.54) is 31.2 Å². The summed E-state index contributed by atoms with van der Waals surface area (Å²) in [5, 5.41) is 2.62. The first-order chi connectivity index (χ1) is 11.0. The molecule has 0 heterocycles. The molecule has 6 heteroatoms. The number of benzene rings is 2. The van der Waals surface area contributed by atoms with E-state index in [0.717, 1.165) is 0 Å². The van der Waals surface area contributed by atoms with Crippen molar-refractivity contribution in [3.63, 3.8) is 0 Å². The fraction of sp³-hybridized carbons (Fsp3) is 0.176. The first-order valence-corrected chi connectivity index (χ1v) is 6.99. The lowest BCUT2D eigenvalue weighted by molar-refractivity contribution is -0.134. The van der Waals surface area contributed by atoms with Gasteiger partial charge in [-0.1, -0.05) is 0 Å². The zero-order valence-electron chi connectivity index (χ0n) is 12.5. The Morgan fingerprint density at radius 3 is 2.22 bits per heavy atom. The number of amides is 1. The number of carbonyl (C=O) groups excluding carboxylic acids is 2. The minimum atomic E-state index is -0.445. The van der Waals surface area contributed by atoms with Gasteiger partial charge in [-0.2, -0.15) is 0 Å². The number of hydrogen-bond donors (Lipinski definition) is 1. The summed E-state index contributed by atoms with van der Waals surface area (Å²) in [6.07, 6.45) is 0.0603. The highest BCUT2D eigenvalue weighted by Gasteiger charge is 2.06. The second-order valence-corrected chi connectivity index (χ2v) is 4.73. The molecule has 0 aliphatic rings.